The van der Waals surface area contributed by atoms with Gasteiger partial charge >= 0.3 is 12.1 Å². The Morgan fingerprint density at radius 3 is 2.79 bits per heavy atom. The molecule has 0 spiro atoms. The first-order valence-corrected chi connectivity index (χ1v) is 6.27. The number of hydrogen-bond donors (Lipinski definition) is 1. The number of ether oxygens (including phenoxy) is 2. The van der Waals surface area contributed by atoms with Crippen LogP contribution in [0.5, 0.6) is 5.75 Å². The SMILES string of the molecule is CCCNC(=O)Oc1cccc(CCC(=O)OC)c1. The van der Waals surface area contributed by atoms with Crippen LogP contribution >= 0.6 is 0 Å². The van der Waals surface area contributed by atoms with Crippen LogP contribution in [0.2, 0.25) is 0 Å². The van der Waals surface area contributed by atoms with Gasteiger partial charge in [0, 0.05) is 13.0 Å². The van der Waals surface area contributed by atoms with Crippen LogP contribution in [0.25, 0.3) is 0 Å². The van der Waals surface area contributed by atoms with E-state index in [0.717, 1.165) is 12.0 Å². The van der Waals surface area contributed by atoms with E-state index in [9.17, 15) is 9.59 Å². The molecule has 0 heterocycles. The molecule has 0 aliphatic rings. The topological polar surface area (TPSA) is 64.6 Å². The minimum atomic E-state index is -0.466. The lowest BCUT2D eigenvalue weighted by Gasteiger charge is -2.07. The maximum absolute atomic E-state index is 11.4. The van der Waals surface area contributed by atoms with Crippen LogP contribution < -0.4 is 10.1 Å². The van der Waals surface area contributed by atoms with Gasteiger partial charge in [-0.2, -0.15) is 0 Å². The van der Waals surface area contributed by atoms with Crippen LogP contribution in [0.1, 0.15) is 25.3 Å². The maximum atomic E-state index is 11.4. The molecule has 0 aliphatic heterocycles. The van der Waals surface area contributed by atoms with Crippen LogP contribution in [0.4, 0.5) is 4.79 Å². The molecule has 0 aromatic heterocycles. The van der Waals surface area contributed by atoms with Gasteiger partial charge < -0.3 is 14.8 Å². The Balaban J connectivity index is 2.51. The van der Waals surface area contributed by atoms with E-state index in [0.29, 0.717) is 25.1 Å². The van der Waals surface area contributed by atoms with Crippen molar-refractivity contribution in [2.24, 2.45) is 0 Å². The van der Waals surface area contributed by atoms with Crippen LogP contribution in [0, 0.1) is 0 Å². The van der Waals surface area contributed by atoms with Gasteiger partial charge in [-0.25, -0.2) is 4.79 Å². The zero-order valence-electron chi connectivity index (χ0n) is 11.3. The van der Waals surface area contributed by atoms with Crippen LogP contribution in [0.15, 0.2) is 24.3 Å². The Bertz CT molecular complexity index is 431. The molecule has 0 atom stereocenters. The molecule has 0 radical (unpaired) electrons. The summed E-state index contributed by atoms with van der Waals surface area (Å²) >= 11 is 0. The lowest BCUT2D eigenvalue weighted by molar-refractivity contribution is -0.140. The molecule has 19 heavy (non-hydrogen) atoms. The van der Waals surface area contributed by atoms with E-state index < -0.39 is 6.09 Å². The van der Waals surface area contributed by atoms with Crippen molar-refractivity contribution in [2.45, 2.75) is 26.2 Å². The van der Waals surface area contributed by atoms with Gasteiger partial charge in [-0.15, -0.1) is 0 Å². The Morgan fingerprint density at radius 1 is 1.32 bits per heavy atom. The van der Waals surface area contributed by atoms with E-state index in [1.54, 1.807) is 18.2 Å². The fraction of sp³-hybridized carbons (Fsp3) is 0.429. The predicted molar refractivity (Wildman–Crippen MR) is 71.1 cm³/mol. The number of rotatable bonds is 6. The molecule has 1 aromatic carbocycles. The number of amides is 1. The number of carbonyl (C=O) groups is 2. The van der Waals surface area contributed by atoms with E-state index in [2.05, 4.69) is 10.1 Å². The smallest absolute Gasteiger partial charge is 0.412 e. The molecule has 1 amide bonds. The van der Waals surface area contributed by atoms with Crippen LogP contribution in [0.3, 0.4) is 0 Å². The van der Waals surface area contributed by atoms with Crippen molar-refractivity contribution in [3.05, 3.63) is 29.8 Å². The average Bonchev–Trinajstić information content (AvgIpc) is 2.43. The lowest BCUT2D eigenvalue weighted by Crippen LogP contribution is -2.27. The highest BCUT2D eigenvalue weighted by Gasteiger charge is 2.05. The van der Waals surface area contributed by atoms with E-state index in [1.807, 2.05) is 13.0 Å². The van der Waals surface area contributed by atoms with E-state index in [1.165, 1.54) is 7.11 Å². The van der Waals surface area contributed by atoms with Gasteiger partial charge in [0.25, 0.3) is 0 Å². The largest absolute Gasteiger partial charge is 0.469 e. The van der Waals surface area contributed by atoms with Crippen molar-refractivity contribution in [1.82, 2.24) is 5.32 Å². The normalized spacial score (nSPS) is 9.79. The fourth-order valence-electron chi connectivity index (χ4n) is 1.48. The Labute approximate surface area is 112 Å². The molecule has 0 unspecified atom stereocenters. The summed E-state index contributed by atoms with van der Waals surface area (Å²) in [6.45, 7) is 2.55. The zero-order valence-corrected chi connectivity index (χ0v) is 11.3. The standard InChI is InChI=1S/C14H19NO4/c1-3-9-15-14(17)19-12-6-4-5-11(10-12)7-8-13(16)18-2/h4-6,10H,3,7-9H2,1-2H3,(H,15,17). The summed E-state index contributed by atoms with van der Waals surface area (Å²) in [5.74, 6) is 0.211. The minimum Gasteiger partial charge on any atom is -0.469 e. The summed E-state index contributed by atoms with van der Waals surface area (Å²) < 4.78 is 9.70. The second kappa shape index (κ2) is 8.13. The molecule has 1 rings (SSSR count). The molecule has 0 saturated heterocycles. The quantitative estimate of drug-likeness (QED) is 0.801. The van der Waals surface area contributed by atoms with Crippen LogP contribution in [-0.2, 0) is 16.0 Å². The third-order valence-corrected chi connectivity index (χ3v) is 2.47. The fourth-order valence-corrected chi connectivity index (χ4v) is 1.48. The molecule has 0 saturated carbocycles. The van der Waals surface area contributed by atoms with Crippen molar-refractivity contribution in [3.63, 3.8) is 0 Å². The summed E-state index contributed by atoms with van der Waals surface area (Å²) in [6.07, 6.45) is 1.25. The van der Waals surface area contributed by atoms with Crippen molar-refractivity contribution >= 4 is 12.1 Å². The van der Waals surface area contributed by atoms with Gasteiger partial charge in [0.05, 0.1) is 7.11 Å². The number of carbonyl (C=O) groups excluding carboxylic acids is 2. The van der Waals surface area contributed by atoms with Crippen molar-refractivity contribution in [3.8, 4) is 5.75 Å². The lowest BCUT2D eigenvalue weighted by atomic mass is 10.1. The molecule has 0 bridgehead atoms. The number of benzene rings is 1. The highest BCUT2D eigenvalue weighted by molar-refractivity contribution is 5.70. The van der Waals surface area contributed by atoms with E-state index in [4.69, 9.17) is 4.74 Å². The maximum Gasteiger partial charge on any atom is 0.412 e. The first-order chi connectivity index (χ1) is 9.15. The van der Waals surface area contributed by atoms with Gasteiger partial charge in [-0.05, 0) is 30.5 Å². The Morgan fingerprint density at radius 2 is 2.11 bits per heavy atom. The zero-order chi connectivity index (χ0) is 14.1. The van der Waals surface area contributed by atoms with Gasteiger partial charge in [0.15, 0.2) is 0 Å². The average molecular weight is 265 g/mol. The third kappa shape index (κ3) is 5.90. The number of aryl methyl sites for hydroxylation is 1. The van der Waals surface area contributed by atoms with E-state index >= 15 is 0 Å². The molecule has 0 fully saturated rings. The van der Waals surface area contributed by atoms with Crippen molar-refractivity contribution < 1.29 is 19.1 Å². The monoisotopic (exact) mass is 265 g/mol. The molecule has 1 N–H and O–H groups in total. The predicted octanol–water partition coefficient (Wildman–Crippen LogP) is 2.29. The summed E-state index contributed by atoms with van der Waals surface area (Å²) in [6, 6.07) is 7.11. The van der Waals surface area contributed by atoms with Crippen LogP contribution in [-0.4, -0.2) is 25.7 Å². The molecule has 5 heteroatoms. The highest BCUT2D eigenvalue weighted by Crippen LogP contribution is 2.15. The number of methoxy groups -OCH3 is 1. The molecule has 104 valence electrons. The summed E-state index contributed by atoms with van der Waals surface area (Å²) in [5.41, 5.74) is 0.922. The molecule has 5 nitrogen and oxygen atoms in total. The molecule has 0 aliphatic carbocycles. The molecular formula is C14H19NO4. The van der Waals surface area contributed by atoms with Gasteiger partial charge in [0.1, 0.15) is 5.75 Å². The van der Waals surface area contributed by atoms with Crippen molar-refractivity contribution in [2.75, 3.05) is 13.7 Å². The highest BCUT2D eigenvalue weighted by atomic mass is 16.6. The third-order valence-electron chi connectivity index (χ3n) is 2.47. The minimum absolute atomic E-state index is 0.257. The Hall–Kier alpha value is -2.04. The Kier molecular flexibility index (Phi) is 6.43. The van der Waals surface area contributed by atoms with Gasteiger partial charge in [0.2, 0.25) is 0 Å². The van der Waals surface area contributed by atoms with Crippen molar-refractivity contribution in [1.29, 1.82) is 0 Å². The second-order valence-electron chi connectivity index (χ2n) is 4.04. The molecular weight excluding hydrogens is 246 g/mol. The summed E-state index contributed by atoms with van der Waals surface area (Å²) in [5, 5.41) is 2.62. The second-order valence-corrected chi connectivity index (χ2v) is 4.04. The summed E-state index contributed by atoms with van der Waals surface area (Å²) in [4.78, 5) is 22.4. The summed E-state index contributed by atoms with van der Waals surface area (Å²) in [7, 11) is 1.36. The number of esters is 1. The first kappa shape index (κ1) is 15.0. The number of hydrogen-bond acceptors (Lipinski definition) is 4. The van der Waals surface area contributed by atoms with Gasteiger partial charge in [-0.3, -0.25) is 4.79 Å². The van der Waals surface area contributed by atoms with Gasteiger partial charge in [-0.1, -0.05) is 19.1 Å². The van der Waals surface area contributed by atoms with E-state index in [-0.39, 0.29) is 5.97 Å². The number of nitrogens with one attached hydrogen (secondary N) is 1. The first-order valence-electron chi connectivity index (χ1n) is 6.27. The molecule has 1 aromatic rings.